The number of nitrogens with zero attached hydrogens (tertiary/aromatic N) is 5. The number of piperidine rings is 1. The molecular weight excluding hydrogens is 444 g/mol. The fourth-order valence-electron chi connectivity index (χ4n) is 5.10. The molecule has 9 nitrogen and oxygen atoms in total. The highest BCUT2D eigenvalue weighted by molar-refractivity contribution is 6.04. The third-order valence-electron chi connectivity index (χ3n) is 6.95. The highest BCUT2D eigenvalue weighted by Gasteiger charge is 2.29. The highest BCUT2D eigenvalue weighted by atomic mass is 16.3. The van der Waals surface area contributed by atoms with E-state index >= 15 is 0 Å². The topological polar surface area (TPSA) is 105 Å². The Labute approximate surface area is 201 Å². The summed E-state index contributed by atoms with van der Waals surface area (Å²) in [6.07, 6.45) is 1.16. The molecule has 4 heterocycles. The SMILES string of the molecule is O=C1Nc2nc3ccccc3n2CC(O)[C@@H]2CCCN(C2)c2ccc(=O)n(n2)Cc2cccc1c2. The summed E-state index contributed by atoms with van der Waals surface area (Å²) in [7, 11) is 0. The summed E-state index contributed by atoms with van der Waals surface area (Å²) < 4.78 is 3.32. The monoisotopic (exact) mass is 470 g/mol. The number of carbonyl (C=O) groups is 1. The van der Waals surface area contributed by atoms with Gasteiger partial charge in [0.2, 0.25) is 5.95 Å². The van der Waals surface area contributed by atoms with Crippen molar-refractivity contribution in [3.8, 4) is 0 Å². The number of carbonyl (C=O) groups excluding carboxylic acids is 1. The van der Waals surface area contributed by atoms with Crippen molar-refractivity contribution < 1.29 is 9.90 Å². The van der Waals surface area contributed by atoms with Crippen LogP contribution in [0.2, 0.25) is 0 Å². The summed E-state index contributed by atoms with van der Waals surface area (Å²) in [6, 6.07) is 18.1. The number of hydrogen-bond donors (Lipinski definition) is 2. The average molecular weight is 471 g/mol. The molecule has 1 amide bonds. The van der Waals surface area contributed by atoms with Gasteiger partial charge in [-0.3, -0.25) is 14.9 Å². The van der Waals surface area contributed by atoms with Gasteiger partial charge >= 0.3 is 0 Å². The molecule has 2 aliphatic rings. The Morgan fingerprint density at radius 1 is 1.00 bits per heavy atom. The lowest BCUT2D eigenvalue weighted by atomic mass is 9.92. The minimum Gasteiger partial charge on any atom is -0.391 e. The van der Waals surface area contributed by atoms with E-state index in [0.717, 1.165) is 41.8 Å². The Morgan fingerprint density at radius 2 is 1.89 bits per heavy atom. The number of nitrogens with one attached hydrogen (secondary N) is 1. The third-order valence-corrected chi connectivity index (χ3v) is 6.95. The molecule has 0 radical (unpaired) electrons. The number of aliphatic hydroxyl groups is 1. The van der Waals surface area contributed by atoms with Crippen molar-refractivity contribution in [2.24, 2.45) is 5.92 Å². The molecule has 1 saturated heterocycles. The maximum absolute atomic E-state index is 13.2. The Bertz CT molecular complexity index is 1480. The molecule has 0 aliphatic carbocycles. The van der Waals surface area contributed by atoms with E-state index in [0.29, 0.717) is 24.6 Å². The smallest absolute Gasteiger partial charge is 0.267 e. The van der Waals surface area contributed by atoms with Gasteiger partial charge in [-0.2, -0.15) is 5.10 Å². The number of benzene rings is 2. The fraction of sp³-hybridized carbons (Fsp3) is 0.308. The van der Waals surface area contributed by atoms with Gasteiger partial charge in [-0.15, -0.1) is 0 Å². The molecule has 2 atom stereocenters. The van der Waals surface area contributed by atoms with Gasteiger partial charge in [0.1, 0.15) is 5.82 Å². The van der Waals surface area contributed by atoms with Gasteiger partial charge in [-0.05, 0) is 48.7 Å². The number of fused-ring (bicyclic) bond motifs is 10. The molecule has 1 fully saturated rings. The Morgan fingerprint density at radius 3 is 2.80 bits per heavy atom. The summed E-state index contributed by atoms with van der Waals surface area (Å²) in [5.41, 5.74) is 2.67. The summed E-state index contributed by atoms with van der Waals surface area (Å²) in [5.74, 6) is 0.832. The van der Waals surface area contributed by atoms with Crippen molar-refractivity contribution in [2.45, 2.75) is 32.0 Å². The number of amides is 1. The van der Waals surface area contributed by atoms with Crippen LogP contribution in [-0.4, -0.2) is 49.5 Å². The number of aromatic nitrogens is 4. The summed E-state index contributed by atoms with van der Waals surface area (Å²) in [6.45, 7) is 2.02. The molecule has 2 aliphatic heterocycles. The van der Waals surface area contributed by atoms with E-state index in [-0.39, 0.29) is 23.9 Å². The highest BCUT2D eigenvalue weighted by Crippen LogP contribution is 2.27. The van der Waals surface area contributed by atoms with Gasteiger partial charge in [-0.25, -0.2) is 9.67 Å². The van der Waals surface area contributed by atoms with Crippen LogP contribution in [0.3, 0.4) is 0 Å². The molecule has 178 valence electrons. The minimum atomic E-state index is -0.645. The van der Waals surface area contributed by atoms with E-state index in [9.17, 15) is 14.7 Å². The van der Waals surface area contributed by atoms with Crippen LogP contribution in [-0.2, 0) is 13.1 Å². The predicted molar refractivity (Wildman–Crippen MR) is 133 cm³/mol. The number of anilines is 2. The maximum Gasteiger partial charge on any atom is 0.267 e. The Balaban J connectivity index is 1.47. The van der Waals surface area contributed by atoms with Crippen LogP contribution in [0.4, 0.5) is 11.8 Å². The van der Waals surface area contributed by atoms with Crippen molar-refractivity contribution in [3.63, 3.8) is 0 Å². The zero-order chi connectivity index (χ0) is 23.9. The number of para-hydroxylation sites is 2. The molecule has 2 aromatic carbocycles. The summed E-state index contributed by atoms with van der Waals surface area (Å²) in [5, 5.41) is 18.9. The van der Waals surface area contributed by atoms with Crippen molar-refractivity contribution in [1.29, 1.82) is 0 Å². The van der Waals surface area contributed by atoms with E-state index in [2.05, 4.69) is 20.3 Å². The van der Waals surface area contributed by atoms with Crippen molar-refractivity contribution in [1.82, 2.24) is 19.3 Å². The molecule has 0 spiro atoms. The van der Waals surface area contributed by atoms with Crippen LogP contribution in [0.25, 0.3) is 11.0 Å². The number of hydrogen-bond acceptors (Lipinski definition) is 6. The van der Waals surface area contributed by atoms with E-state index < -0.39 is 6.10 Å². The van der Waals surface area contributed by atoms with Crippen molar-refractivity contribution in [2.75, 3.05) is 23.3 Å². The normalized spacial score (nSPS) is 20.4. The number of aliphatic hydroxyl groups excluding tert-OH is 1. The molecule has 0 saturated carbocycles. The minimum absolute atomic E-state index is 0.0104. The van der Waals surface area contributed by atoms with E-state index in [1.165, 1.54) is 10.7 Å². The largest absolute Gasteiger partial charge is 0.391 e. The Hall–Kier alpha value is -3.98. The van der Waals surface area contributed by atoms with Crippen LogP contribution in [0.5, 0.6) is 0 Å². The first-order chi connectivity index (χ1) is 17.0. The molecule has 9 heteroatoms. The van der Waals surface area contributed by atoms with E-state index in [4.69, 9.17) is 0 Å². The zero-order valence-electron chi connectivity index (χ0n) is 19.2. The fourth-order valence-corrected chi connectivity index (χ4v) is 5.10. The molecule has 6 rings (SSSR count). The van der Waals surface area contributed by atoms with Crippen molar-refractivity contribution >= 4 is 28.7 Å². The summed E-state index contributed by atoms with van der Waals surface area (Å²) in [4.78, 5) is 32.5. The first kappa shape index (κ1) is 21.5. The van der Waals surface area contributed by atoms with Gasteiger partial charge in [-0.1, -0.05) is 24.3 Å². The second-order valence-electron chi connectivity index (χ2n) is 9.29. The molecule has 35 heavy (non-hydrogen) atoms. The van der Waals surface area contributed by atoms with Gasteiger partial charge in [0.25, 0.3) is 11.5 Å². The van der Waals surface area contributed by atoms with Crippen molar-refractivity contribution in [3.05, 3.63) is 82.1 Å². The summed E-state index contributed by atoms with van der Waals surface area (Å²) >= 11 is 0. The molecule has 6 bridgehead atoms. The predicted octanol–water partition coefficient (Wildman–Crippen LogP) is 2.48. The van der Waals surface area contributed by atoms with Crippen LogP contribution < -0.4 is 15.8 Å². The van der Waals surface area contributed by atoms with Crippen LogP contribution in [0, 0.1) is 5.92 Å². The van der Waals surface area contributed by atoms with Crippen LogP contribution >= 0.6 is 0 Å². The third kappa shape index (κ3) is 4.08. The lowest BCUT2D eigenvalue weighted by Gasteiger charge is -2.36. The van der Waals surface area contributed by atoms with Gasteiger partial charge in [0.15, 0.2) is 0 Å². The van der Waals surface area contributed by atoms with Gasteiger partial charge < -0.3 is 14.6 Å². The second-order valence-corrected chi connectivity index (χ2v) is 9.29. The van der Waals surface area contributed by atoms with Crippen LogP contribution in [0.1, 0.15) is 28.8 Å². The maximum atomic E-state index is 13.2. The van der Waals surface area contributed by atoms with E-state index in [1.807, 2.05) is 34.9 Å². The first-order valence-corrected chi connectivity index (χ1v) is 11.9. The lowest BCUT2D eigenvalue weighted by molar-refractivity contribution is 0.0825. The second kappa shape index (κ2) is 8.66. The molecule has 1 unspecified atom stereocenters. The first-order valence-electron chi connectivity index (χ1n) is 11.9. The molecule has 4 aromatic rings. The number of rotatable bonds is 0. The number of imidazole rings is 1. The molecule has 2 aromatic heterocycles. The molecular formula is C26H26N6O3. The lowest BCUT2D eigenvalue weighted by Crippen LogP contribution is -2.43. The van der Waals surface area contributed by atoms with E-state index in [1.54, 1.807) is 24.3 Å². The molecule has 2 N–H and O–H groups in total. The van der Waals surface area contributed by atoms with Gasteiger partial charge in [0, 0.05) is 30.6 Å². The Kier molecular flexibility index (Phi) is 5.33. The van der Waals surface area contributed by atoms with Crippen LogP contribution in [0.15, 0.2) is 65.5 Å². The standard InChI is InChI=1S/C26H26N6O3/c33-22-16-31-21-9-2-1-8-20(21)27-26(31)28-25(35)18-6-3-5-17(13-18)14-32-24(34)11-10-23(29-32)30-12-4-7-19(22)15-30/h1-3,5-6,8-11,13,19,22,33H,4,7,12,14-16H2,(H,27,28,35)/t19-,22?/m1/s1. The average Bonchev–Trinajstić information content (AvgIpc) is 3.21. The van der Waals surface area contributed by atoms with Gasteiger partial charge in [0.05, 0.1) is 30.2 Å². The zero-order valence-corrected chi connectivity index (χ0v) is 19.2. The quantitative estimate of drug-likeness (QED) is 0.409.